The number of carbonyl (C=O) groups excluding carboxylic acids is 1. The molecule has 3 N–H and O–H groups in total. The second-order valence-electron chi connectivity index (χ2n) is 4.73. The largest absolute Gasteiger partial charge is 0.459 e. The molecule has 0 spiro atoms. The lowest BCUT2D eigenvalue weighted by Crippen LogP contribution is -2.38. The fourth-order valence-corrected chi connectivity index (χ4v) is 1.75. The van der Waals surface area contributed by atoms with E-state index in [2.05, 4.69) is 27.9 Å². The zero-order valence-electron chi connectivity index (χ0n) is 13.6. The van der Waals surface area contributed by atoms with Gasteiger partial charge in [0.1, 0.15) is 0 Å². The van der Waals surface area contributed by atoms with Gasteiger partial charge in [-0.2, -0.15) is 0 Å². The first-order valence-corrected chi connectivity index (χ1v) is 7.53. The molecule has 1 aromatic rings. The third kappa shape index (κ3) is 7.67. The van der Waals surface area contributed by atoms with Crippen molar-refractivity contribution in [3.63, 3.8) is 0 Å². The van der Waals surface area contributed by atoms with Crippen molar-refractivity contribution in [2.45, 2.75) is 33.6 Å². The Balaban J connectivity index is 0.00000441. The Labute approximate surface area is 149 Å². The first kappa shape index (κ1) is 20.8. The minimum atomic E-state index is -0.163. The number of rotatable bonds is 8. The van der Waals surface area contributed by atoms with Crippen LogP contribution in [0.3, 0.4) is 0 Å². The standard InChI is InChI=1S/C15H26N4O2.HI/c1-4-8-18-15(16-5-2)19-10-6-9-17-14(20)13-12(3)7-11-21-13;/h7,11H,4-6,8-10H2,1-3H3,(H,17,20)(H2,16,18,19);1H. The summed E-state index contributed by atoms with van der Waals surface area (Å²) in [5.74, 6) is 1.05. The summed E-state index contributed by atoms with van der Waals surface area (Å²) in [6, 6.07) is 1.78. The number of amides is 1. The highest BCUT2D eigenvalue weighted by molar-refractivity contribution is 14.0. The van der Waals surface area contributed by atoms with Gasteiger partial charge < -0.3 is 20.4 Å². The van der Waals surface area contributed by atoms with E-state index in [4.69, 9.17) is 4.42 Å². The van der Waals surface area contributed by atoms with Crippen LogP contribution in [-0.4, -0.2) is 38.0 Å². The number of halogens is 1. The molecule has 1 amide bonds. The Morgan fingerprint density at radius 1 is 1.23 bits per heavy atom. The number of guanidine groups is 1. The molecule has 0 saturated carbocycles. The van der Waals surface area contributed by atoms with Crippen LogP contribution < -0.4 is 16.0 Å². The highest BCUT2D eigenvalue weighted by atomic mass is 127. The lowest BCUT2D eigenvalue weighted by atomic mass is 10.2. The van der Waals surface area contributed by atoms with Gasteiger partial charge in [0.05, 0.1) is 6.26 Å². The van der Waals surface area contributed by atoms with E-state index >= 15 is 0 Å². The molecule has 1 rings (SSSR count). The van der Waals surface area contributed by atoms with E-state index in [0.29, 0.717) is 12.3 Å². The minimum absolute atomic E-state index is 0. The number of carbonyl (C=O) groups is 1. The van der Waals surface area contributed by atoms with Crippen LogP contribution in [0.4, 0.5) is 0 Å². The van der Waals surface area contributed by atoms with E-state index < -0.39 is 0 Å². The Bertz CT molecular complexity index is 460. The molecular weight excluding hydrogens is 395 g/mol. The predicted molar refractivity (Wildman–Crippen MR) is 100 cm³/mol. The van der Waals surface area contributed by atoms with Crippen LogP contribution in [-0.2, 0) is 0 Å². The van der Waals surface area contributed by atoms with E-state index in [1.807, 2.05) is 13.8 Å². The number of nitrogens with zero attached hydrogens (tertiary/aromatic N) is 1. The average Bonchev–Trinajstić information content (AvgIpc) is 2.90. The summed E-state index contributed by atoms with van der Waals surface area (Å²) >= 11 is 0. The zero-order valence-corrected chi connectivity index (χ0v) is 15.9. The smallest absolute Gasteiger partial charge is 0.287 e. The van der Waals surface area contributed by atoms with Crippen LogP contribution in [0, 0.1) is 6.92 Å². The topological polar surface area (TPSA) is 78.7 Å². The fraction of sp³-hybridized carbons (Fsp3) is 0.600. The summed E-state index contributed by atoms with van der Waals surface area (Å²) in [5, 5.41) is 9.26. The molecule has 7 heteroatoms. The summed E-state index contributed by atoms with van der Waals surface area (Å²) in [7, 11) is 0. The third-order valence-corrected chi connectivity index (χ3v) is 2.84. The number of hydrogen-bond acceptors (Lipinski definition) is 3. The third-order valence-electron chi connectivity index (χ3n) is 2.84. The monoisotopic (exact) mass is 422 g/mol. The van der Waals surface area contributed by atoms with Crippen molar-refractivity contribution in [2.75, 3.05) is 26.2 Å². The number of aliphatic imine (C=N–C) groups is 1. The predicted octanol–water partition coefficient (Wildman–Crippen LogP) is 2.29. The van der Waals surface area contributed by atoms with Gasteiger partial charge in [0, 0.05) is 31.7 Å². The van der Waals surface area contributed by atoms with Crippen LogP contribution >= 0.6 is 24.0 Å². The molecule has 0 aliphatic heterocycles. The molecule has 0 aromatic carbocycles. The first-order chi connectivity index (χ1) is 10.2. The lowest BCUT2D eigenvalue weighted by Gasteiger charge is -2.11. The Morgan fingerprint density at radius 3 is 2.55 bits per heavy atom. The lowest BCUT2D eigenvalue weighted by molar-refractivity contribution is 0.0925. The number of hydrogen-bond donors (Lipinski definition) is 3. The molecule has 0 radical (unpaired) electrons. The summed E-state index contributed by atoms with van der Waals surface area (Å²) in [6.45, 7) is 8.99. The molecular formula is C15H27IN4O2. The molecule has 0 aliphatic rings. The van der Waals surface area contributed by atoms with Gasteiger partial charge in [0.25, 0.3) is 5.91 Å². The first-order valence-electron chi connectivity index (χ1n) is 7.53. The van der Waals surface area contributed by atoms with Gasteiger partial charge in [-0.25, -0.2) is 0 Å². The molecule has 0 fully saturated rings. The van der Waals surface area contributed by atoms with Crippen molar-refractivity contribution >= 4 is 35.8 Å². The highest BCUT2D eigenvalue weighted by Gasteiger charge is 2.11. The van der Waals surface area contributed by atoms with E-state index in [9.17, 15) is 4.79 Å². The van der Waals surface area contributed by atoms with Gasteiger partial charge in [0.2, 0.25) is 0 Å². The normalized spacial score (nSPS) is 10.8. The van der Waals surface area contributed by atoms with Gasteiger partial charge in [-0.15, -0.1) is 24.0 Å². The summed E-state index contributed by atoms with van der Waals surface area (Å²) in [4.78, 5) is 16.2. The Hall–Kier alpha value is -1.25. The summed E-state index contributed by atoms with van der Waals surface area (Å²) in [6.07, 6.45) is 3.37. The van der Waals surface area contributed by atoms with E-state index in [-0.39, 0.29) is 29.9 Å². The maximum atomic E-state index is 11.8. The molecule has 22 heavy (non-hydrogen) atoms. The van der Waals surface area contributed by atoms with Crippen molar-refractivity contribution in [3.8, 4) is 0 Å². The maximum Gasteiger partial charge on any atom is 0.287 e. The Morgan fingerprint density at radius 2 is 1.95 bits per heavy atom. The molecule has 6 nitrogen and oxygen atoms in total. The molecule has 0 saturated heterocycles. The van der Waals surface area contributed by atoms with Gasteiger partial charge in [-0.3, -0.25) is 9.79 Å². The van der Waals surface area contributed by atoms with Crippen LogP contribution in [0.5, 0.6) is 0 Å². The second-order valence-corrected chi connectivity index (χ2v) is 4.73. The summed E-state index contributed by atoms with van der Waals surface area (Å²) in [5.41, 5.74) is 0.853. The van der Waals surface area contributed by atoms with Crippen molar-refractivity contribution in [1.82, 2.24) is 16.0 Å². The van der Waals surface area contributed by atoms with Crippen LogP contribution in [0.2, 0.25) is 0 Å². The minimum Gasteiger partial charge on any atom is -0.459 e. The zero-order chi connectivity index (χ0) is 15.5. The second kappa shape index (κ2) is 12.3. The van der Waals surface area contributed by atoms with Gasteiger partial charge in [-0.05, 0) is 32.8 Å². The van der Waals surface area contributed by atoms with Crippen molar-refractivity contribution in [3.05, 3.63) is 23.7 Å². The van der Waals surface area contributed by atoms with Crippen LogP contribution in [0.15, 0.2) is 21.7 Å². The number of nitrogens with one attached hydrogen (secondary N) is 3. The van der Waals surface area contributed by atoms with Gasteiger partial charge >= 0.3 is 0 Å². The van der Waals surface area contributed by atoms with Crippen molar-refractivity contribution in [1.29, 1.82) is 0 Å². The quantitative estimate of drug-likeness (QED) is 0.260. The molecule has 126 valence electrons. The number of aryl methyl sites for hydroxylation is 1. The molecule has 0 unspecified atom stereocenters. The average molecular weight is 422 g/mol. The van der Waals surface area contributed by atoms with Crippen molar-refractivity contribution < 1.29 is 9.21 Å². The van der Waals surface area contributed by atoms with Crippen LogP contribution in [0.1, 0.15) is 42.8 Å². The number of furan rings is 1. The fourth-order valence-electron chi connectivity index (χ4n) is 1.75. The highest BCUT2D eigenvalue weighted by Crippen LogP contribution is 2.07. The SMILES string of the molecule is CCCN=C(NCC)NCCCNC(=O)c1occc1C.I. The molecule has 1 heterocycles. The molecule has 0 atom stereocenters. The Kier molecular flexibility index (Phi) is 11.6. The van der Waals surface area contributed by atoms with E-state index in [1.54, 1.807) is 6.07 Å². The van der Waals surface area contributed by atoms with Crippen molar-refractivity contribution in [2.24, 2.45) is 4.99 Å². The van der Waals surface area contributed by atoms with E-state index in [1.165, 1.54) is 6.26 Å². The molecule has 0 bridgehead atoms. The van der Waals surface area contributed by atoms with Crippen LogP contribution in [0.25, 0.3) is 0 Å². The van der Waals surface area contributed by atoms with Gasteiger partial charge in [-0.1, -0.05) is 6.92 Å². The molecule has 1 aromatic heterocycles. The summed E-state index contributed by atoms with van der Waals surface area (Å²) < 4.78 is 5.14. The van der Waals surface area contributed by atoms with E-state index in [0.717, 1.165) is 44.0 Å². The maximum absolute atomic E-state index is 11.8. The van der Waals surface area contributed by atoms with Gasteiger partial charge in [0.15, 0.2) is 11.7 Å². The molecule has 0 aliphatic carbocycles.